The van der Waals surface area contributed by atoms with Crippen LogP contribution in [0.2, 0.25) is 0 Å². The number of aryl methyl sites for hydroxylation is 1. The predicted octanol–water partition coefficient (Wildman–Crippen LogP) is 5.14. The maximum absolute atomic E-state index is 12.6. The molecule has 3 aromatic carbocycles. The van der Waals surface area contributed by atoms with E-state index in [0.717, 1.165) is 24.0 Å². The molecule has 0 fully saturated rings. The van der Waals surface area contributed by atoms with Crippen molar-refractivity contribution in [3.8, 4) is 0 Å². The van der Waals surface area contributed by atoms with Gasteiger partial charge in [0.1, 0.15) is 0 Å². The summed E-state index contributed by atoms with van der Waals surface area (Å²) in [5.41, 5.74) is 5.99. The molecule has 170 valence electrons. The van der Waals surface area contributed by atoms with E-state index < -0.39 is 0 Å². The number of fused-ring (bicyclic) bond motifs is 2. The molecule has 0 spiro atoms. The topological polar surface area (TPSA) is 55.4 Å². The van der Waals surface area contributed by atoms with Crippen LogP contribution in [0.25, 0.3) is 0 Å². The number of ether oxygens (including phenoxy) is 1. The Morgan fingerprint density at radius 2 is 1.64 bits per heavy atom. The first kappa shape index (κ1) is 23.1. The zero-order chi connectivity index (χ0) is 23.0. The molecule has 0 aliphatic carbocycles. The van der Waals surface area contributed by atoms with Crippen molar-refractivity contribution >= 4 is 23.6 Å². The normalized spacial score (nSPS) is 11.9. The highest BCUT2D eigenvalue weighted by molar-refractivity contribution is 7.99. The zero-order valence-corrected chi connectivity index (χ0v) is 19.8. The summed E-state index contributed by atoms with van der Waals surface area (Å²) < 4.78 is 4.97. The van der Waals surface area contributed by atoms with Gasteiger partial charge in [0.15, 0.2) is 0 Å². The SMILES string of the molecule is CCOC(=O)CCc1ccc(CCNC(=O)Cc2cccc3c2Cc2ccccc2S3)cc1. The Balaban J connectivity index is 1.26. The molecule has 0 saturated carbocycles. The molecule has 5 heteroatoms. The molecular formula is C28H29NO3S. The average Bonchev–Trinajstić information content (AvgIpc) is 2.83. The molecule has 3 aromatic rings. The summed E-state index contributed by atoms with van der Waals surface area (Å²) in [5.74, 6) is -0.106. The summed E-state index contributed by atoms with van der Waals surface area (Å²) in [6.45, 7) is 2.84. The number of carbonyl (C=O) groups excluding carboxylic acids is 2. The van der Waals surface area contributed by atoms with Crippen molar-refractivity contribution < 1.29 is 14.3 Å². The van der Waals surface area contributed by atoms with E-state index in [4.69, 9.17) is 4.74 Å². The maximum Gasteiger partial charge on any atom is 0.306 e. The Morgan fingerprint density at radius 1 is 0.909 bits per heavy atom. The van der Waals surface area contributed by atoms with E-state index in [0.29, 0.717) is 32.4 Å². The molecule has 0 aromatic heterocycles. The van der Waals surface area contributed by atoms with E-state index in [-0.39, 0.29) is 11.9 Å². The van der Waals surface area contributed by atoms with Crippen molar-refractivity contribution in [2.75, 3.05) is 13.2 Å². The van der Waals surface area contributed by atoms with Crippen LogP contribution in [0.5, 0.6) is 0 Å². The van der Waals surface area contributed by atoms with Gasteiger partial charge in [-0.25, -0.2) is 0 Å². The third kappa shape index (κ3) is 6.26. The van der Waals surface area contributed by atoms with E-state index in [1.807, 2.05) is 25.1 Å². The predicted molar refractivity (Wildman–Crippen MR) is 132 cm³/mol. The minimum atomic E-state index is -0.160. The van der Waals surface area contributed by atoms with Crippen LogP contribution in [-0.4, -0.2) is 25.0 Å². The Bertz CT molecular complexity index is 1120. The number of amides is 1. The van der Waals surface area contributed by atoms with Gasteiger partial charge in [-0.2, -0.15) is 0 Å². The van der Waals surface area contributed by atoms with Crippen molar-refractivity contribution in [1.82, 2.24) is 5.32 Å². The number of benzene rings is 3. The second kappa shape index (κ2) is 11.2. The molecule has 1 heterocycles. The van der Waals surface area contributed by atoms with Crippen LogP contribution in [0.4, 0.5) is 0 Å². The van der Waals surface area contributed by atoms with Crippen LogP contribution in [0, 0.1) is 0 Å². The fraction of sp³-hybridized carbons (Fsp3) is 0.286. The minimum absolute atomic E-state index is 0.0540. The number of hydrogen-bond acceptors (Lipinski definition) is 4. The maximum atomic E-state index is 12.6. The molecule has 4 nitrogen and oxygen atoms in total. The van der Waals surface area contributed by atoms with Crippen molar-refractivity contribution in [2.45, 2.75) is 48.8 Å². The van der Waals surface area contributed by atoms with Gasteiger partial charge in [-0.15, -0.1) is 0 Å². The lowest BCUT2D eigenvalue weighted by atomic mass is 9.97. The van der Waals surface area contributed by atoms with Crippen molar-refractivity contribution in [3.05, 3.63) is 94.5 Å². The van der Waals surface area contributed by atoms with Crippen LogP contribution in [-0.2, 0) is 40.0 Å². The first-order valence-corrected chi connectivity index (χ1v) is 12.3. The highest BCUT2D eigenvalue weighted by Gasteiger charge is 2.19. The monoisotopic (exact) mass is 459 g/mol. The summed E-state index contributed by atoms with van der Waals surface area (Å²) in [5, 5.41) is 3.07. The Hall–Kier alpha value is -3.05. The number of hydrogen-bond donors (Lipinski definition) is 1. The van der Waals surface area contributed by atoms with Gasteiger partial charge in [-0.1, -0.05) is 66.4 Å². The van der Waals surface area contributed by atoms with Gasteiger partial charge in [0.05, 0.1) is 13.0 Å². The third-order valence-corrected chi connectivity index (χ3v) is 7.04. The van der Waals surface area contributed by atoms with E-state index in [1.54, 1.807) is 11.8 Å². The van der Waals surface area contributed by atoms with E-state index >= 15 is 0 Å². The standard InChI is InChI=1S/C28H29NO3S/c1-2-32-28(31)15-14-20-10-12-21(13-11-20)16-17-29-27(30)19-22-7-5-9-26-24(22)18-23-6-3-4-8-25(23)33-26/h3-13H,2,14-19H2,1H3,(H,29,30). The second-order valence-electron chi connectivity index (χ2n) is 8.18. The van der Waals surface area contributed by atoms with Crippen LogP contribution in [0.1, 0.15) is 41.2 Å². The number of carbonyl (C=O) groups is 2. The lowest BCUT2D eigenvalue weighted by Crippen LogP contribution is -2.27. The largest absolute Gasteiger partial charge is 0.466 e. The molecule has 4 rings (SSSR count). The molecule has 0 unspecified atom stereocenters. The van der Waals surface area contributed by atoms with Gasteiger partial charge in [-0.3, -0.25) is 9.59 Å². The first-order valence-electron chi connectivity index (χ1n) is 11.5. The number of rotatable bonds is 9. The summed E-state index contributed by atoms with van der Waals surface area (Å²) in [6, 6.07) is 23.0. The molecular weight excluding hydrogens is 430 g/mol. The molecule has 1 amide bonds. The average molecular weight is 460 g/mol. The Labute approximate surface area is 199 Å². The smallest absolute Gasteiger partial charge is 0.306 e. The van der Waals surface area contributed by atoms with Gasteiger partial charge in [0.25, 0.3) is 0 Å². The molecule has 1 aliphatic rings. The zero-order valence-electron chi connectivity index (χ0n) is 18.9. The molecule has 0 saturated heterocycles. The lowest BCUT2D eigenvalue weighted by molar-refractivity contribution is -0.143. The van der Waals surface area contributed by atoms with Crippen molar-refractivity contribution in [3.63, 3.8) is 0 Å². The molecule has 0 atom stereocenters. The molecule has 0 radical (unpaired) electrons. The molecule has 1 N–H and O–H groups in total. The van der Waals surface area contributed by atoms with Crippen LogP contribution in [0.3, 0.4) is 0 Å². The highest BCUT2D eigenvalue weighted by Crippen LogP contribution is 2.40. The van der Waals surface area contributed by atoms with E-state index in [2.05, 4.69) is 53.8 Å². The summed E-state index contributed by atoms with van der Waals surface area (Å²) in [4.78, 5) is 26.7. The second-order valence-corrected chi connectivity index (χ2v) is 9.26. The summed E-state index contributed by atoms with van der Waals surface area (Å²) in [6.07, 6.45) is 3.14. The molecule has 0 bridgehead atoms. The van der Waals surface area contributed by atoms with E-state index in [9.17, 15) is 9.59 Å². The number of esters is 1. The van der Waals surface area contributed by atoms with Crippen LogP contribution < -0.4 is 5.32 Å². The fourth-order valence-electron chi connectivity index (χ4n) is 4.07. The van der Waals surface area contributed by atoms with Gasteiger partial charge in [-0.05, 0) is 66.1 Å². The van der Waals surface area contributed by atoms with Gasteiger partial charge in [0.2, 0.25) is 5.91 Å². The van der Waals surface area contributed by atoms with E-state index in [1.165, 1.54) is 26.5 Å². The highest BCUT2D eigenvalue weighted by atomic mass is 32.2. The first-order chi connectivity index (χ1) is 16.1. The number of nitrogens with one attached hydrogen (secondary N) is 1. The van der Waals surface area contributed by atoms with Gasteiger partial charge < -0.3 is 10.1 Å². The quantitative estimate of drug-likeness (QED) is 0.352. The Kier molecular flexibility index (Phi) is 7.84. The van der Waals surface area contributed by atoms with Crippen LogP contribution in [0.15, 0.2) is 76.5 Å². The van der Waals surface area contributed by atoms with Gasteiger partial charge in [0, 0.05) is 22.8 Å². The summed E-state index contributed by atoms with van der Waals surface area (Å²) in [7, 11) is 0. The molecule has 33 heavy (non-hydrogen) atoms. The molecule has 1 aliphatic heterocycles. The summed E-state index contributed by atoms with van der Waals surface area (Å²) >= 11 is 1.79. The fourth-order valence-corrected chi connectivity index (χ4v) is 5.19. The Morgan fingerprint density at radius 3 is 2.42 bits per heavy atom. The lowest BCUT2D eigenvalue weighted by Gasteiger charge is -2.21. The third-order valence-electron chi connectivity index (χ3n) is 5.82. The minimum Gasteiger partial charge on any atom is -0.466 e. The van der Waals surface area contributed by atoms with Crippen molar-refractivity contribution in [2.24, 2.45) is 0 Å². The van der Waals surface area contributed by atoms with Crippen LogP contribution >= 0.6 is 11.8 Å². The van der Waals surface area contributed by atoms with Crippen molar-refractivity contribution in [1.29, 1.82) is 0 Å². The van der Waals surface area contributed by atoms with Gasteiger partial charge >= 0.3 is 5.97 Å².